The predicted octanol–water partition coefficient (Wildman–Crippen LogP) is 2.64. The Morgan fingerprint density at radius 3 is 2.83 bits per heavy atom. The zero-order chi connectivity index (χ0) is 12.9. The number of nitrogen functional groups attached to an aromatic ring is 1. The number of nitrogens with two attached hydrogens (primary N) is 1. The van der Waals surface area contributed by atoms with E-state index in [2.05, 4.69) is 20.2 Å². The first kappa shape index (κ1) is 11.0. The molecule has 0 radical (unpaired) electrons. The summed E-state index contributed by atoms with van der Waals surface area (Å²) in [5.41, 5.74) is 7.15. The second-order valence-corrected chi connectivity index (χ2v) is 4.35. The molecular formula is C11H9ClFN5. The summed E-state index contributed by atoms with van der Waals surface area (Å²) in [5.74, 6) is 0.350. The van der Waals surface area contributed by atoms with Gasteiger partial charge in [0.15, 0.2) is 5.82 Å². The number of hydrogen-bond acceptors (Lipinski definition) is 3. The molecule has 0 atom stereocenters. The molecule has 2 aromatic heterocycles. The van der Waals surface area contributed by atoms with Crippen molar-refractivity contribution in [2.75, 3.05) is 5.73 Å². The number of fused-ring (bicyclic) bond motifs is 1. The zero-order valence-corrected chi connectivity index (χ0v) is 10.1. The van der Waals surface area contributed by atoms with Gasteiger partial charge in [0.1, 0.15) is 22.5 Å². The quantitative estimate of drug-likeness (QED) is 0.632. The van der Waals surface area contributed by atoms with Crippen LogP contribution in [-0.4, -0.2) is 20.2 Å². The third-order valence-corrected chi connectivity index (χ3v) is 2.97. The van der Waals surface area contributed by atoms with E-state index in [-0.39, 0.29) is 11.2 Å². The summed E-state index contributed by atoms with van der Waals surface area (Å²) in [6.07, 6.45) is 0. The minimum Gasteiger partial charge on any atom is -0.382 e. The Morgan fingerprint density at radius 1 is 1.39 bits per heavy atom. The van der Waals surface area contributed by atoms with Crippen LogP contribution in [0.25, 0.3) is 22.2 Å². The number of aromatic amines is 2. The molecule has 0 spiro atoms. The molecule has 0 amide bonds. The first-order chi connectivity index (χ1) is 8.56. The fraction of sp³-hybridized carbons (Fsp3) is 0.0909. The average Bonchev–Trinajstić information content (AvgIpc) is 2.82. The summed E-state index contributed by atoms with van der Waals surface area (Å²) < 4.78 is 13.9. The molecule has 18 heavy (non-hydrogen) atoms. The van der Waals surface area contributed by atoms with E-state index in [4.69, 9.17) is 17.3 Å². The Balaban J connectivity index is 2.28. The Labute approximate surface area is 106 Å². The van der Waals surface area contributed by atoms with Crippen LogP contribution in [0.15, 0.2) is 12.1 Å². The second-order valence-electron chi connectivity index (χ2n) is 3.97. The third-order valence-electron chi connectivity index (χ3n) is 2.69. The maximum absolute atomic E-state index is 13.9. The topological polar surface area (TPSA) is 83.4 Å². The van der Waals surface area contributed by atoms with Gasteiger partial charge in [-0.2, -0.15) is 5.10 Å². The molecule has 0 saturated carbocycles. The monoisotopic (exact) mass is 265 g/mol. The summed E-state index contributed by atoms with van der Waals surface area (Å²) in [5, 5.41) is 7.09. The van der Waals surface area contributed by atoms with Crippen LogP contribution >= 0.6 is 11.6 Å². The van der Waals surface area contributed by atoms with Crippen LogP contribution in [-0.2, 0) is 0 Å². The first-order valence-electron chi connectivity index (χ1n) is 5.22. The Bertz CT molecular complexity index is 745. The lowest BCUT2D eigenvalue weighted by Crippen LogP contribution is -1.88. The molecule has 5 nitrogen and oxygen atoms in total. The van der Waals surface area contributed by atoms with Crippen molar-refractivity contribution >= 4 is 28.3 Å². The first-order valence-corrected chi connectivity index (χ1v) is 5.59. The van der Waals surface area contributed by atoms with Crippen LogP contribution in [0.4, 0.5) is 10.2 Å². The molecule has 0 fully saturated rings. The van der Waals surface area contributed by atoms with Crippen molar-refractivity contribution in [1.29, 1.82) is 0 Å². The SMILES string of the molecule is Cc1nc(-c2cc(F)c3c(N)n[nH]c3c2)c(Cl)[nH]1. The van der Waals surface area contributed by atoms with Gasteiger partial charge in [-0.1, -0.05) is 11.6 Å². The number of H-pyrrole nitrogens is 2. The van der Waals surface area contributed by atoms with E-state index in [1.54, 1.807) is 13.0 Å². The molecule has 0 aliphatic carbocycles. The lowest BCUT2D eigenvalue weighted by atomic mass is 10.1. The molecule has 3 aromatic rings. The normalized spacial score (nSPS) is 11.3. The molecule has 0 unspecified atom stereocenters. The van der Waals surface area contributed by atoms with Gasteiger partial charge in [0.25, 0.3) is 0 Å². The Hall–Kier alpha value is -2.08. The van der Waals surface area contributed by atoms with Gasteiger partial charge in [-0.3, -0.25) is 5.10 Å². The van der Waals surface area contributed by atoms with Gasteiger partial charge in [-0.05, 0) is 19.1 Å². The van der Waals surface area contributed by atoms with E-state index in [1.807, 2.05) is 0 Å². The van der Waals surface area contributed by atoms with Crippen LogP contribution in [0.1, 0.15) is 5.82 Å². The molecule has 2 heterocycles. The van der Waals surface area contributed by atoms with Crippen LogP contribution in [0.2, 0.25) is 5.15 Å². The summed E-state index contributed by atoms with van der Waals surface area (Å²) in [6, 6.07) is 3.05. The highest BCUT2D eigenvalue weighted by Gasteiger charge is 2.14. The Kier molecular flexibility index (Phi) is 2.27. The average molecular weight is 266 g/mol. The molecular weight excluding hydrogens is 257 g/mol. The Morgan fingerprint density at radius 2 is 2.17 bits per heavy atom. The van der Waals surface area contributed by atoms with E-state index in [9.17, 15) is 4.39 Å². The van der Waals surface area contributed by atoms with Crippen LogP contribution in [0, 0.1) is 12.7 Å². The van der Waals surface area contributed by atoms with Crippen molar-refractivity contribution in [2.45, 2.75) is 6.92 Å². The zero-order valence-electron chi connectivity index (χ0n) is 9.38. The highest BCUT2D eigenvalue weighted by Crippen LogP contribution is 2.31. The number of rotatable bonds is 1. The van der Waals surface area contributed by atoms with Crippen molar-refractivity contribution < 1.29 is 4.39 Å². The minimum atomic E-state index is -0.453. The van der Waals surface area contributed by atoms with Crippen molar-refractivity contribution in [3.05, 3.63) is 28.9 Å². The summed E-state index contributed by atoms with van der Waals surface area (Å²) >= 11 is 6.00. The lowest BCUT2D eigenvalue weighted by Gasteiger charge is -2.00. The van der Waals surface area contributed by atoms with Crippen molar-refractivity contribution in [3.63, 3.8) is 0 Å². The fourth-order valence-electron chi connectivity index (χ4n) is 1.92. The number of imidazole rings is 1. The number of halogens is 2. The minimum absolute atomic E-state index is 0.137. The fourth-order valence-corrected chi connectivity index (χ4v) is 2.21. The number of hydrogen-bond donors (Lipinski definition) is 3. The van der Waals surface area contributed by atoms with Gasteiger partial charge in [0.05, 0.1) is 10.9 Å². The number of aryl methyl sites for hydroxylation is 1. The molecule has 92 valence electrons. The van der Waals surface area contributed by atoms with E-state index in [0.717, 1.165) is 0 Å². The van der Waals surface area contributed by atoms with Gasteiger partial charge in [0, 0.05) is 5.56 Å². The van der Waals surface area contributed by atoms with E-state index in [1.165, 1.54) is 6.07 Å². The van der Waals surface area contributed by atoms with Crippen LogP contribution in [0.3, 0.4) is 0 Å². The molecule has 0 saturated heterocycles. The highest BCUT2D eigenvalue weighted by atomic mass is 35.5. The van der Waals surface area contributed by atoms with Gasteiger partial charge < -0.3 is 10.7 Å². The molecule has 4 N–H and O–H groups in total. The standard InChI is InChI=1S/C11H9ClFN5/c1-4-15-9(10(12)16-4)5-2-6(13)8-7(3-5)17-18-11(8)14/h2-3H,1H3,(H,15,16)(H3,14,17,18). The molecule has 0 aliphatic heterocycles. The number of aromatic nitrogens is 4. The number of nitrogens with one attached hydrogen (secondary N) is 2. The maximum Gasteiger partial charge on any atom is 0.156 e. The van der Waals surface area contributed by atoms with Gasteiger partial charge >= 0.3 is 0 Å². The summed E-state index contributed by atoms with van der Waals surface area (Å²) in [6.45, 7) is 1.78. The molecule has 3 rings (SSSR count). The van der Waals surface area contributed by atoms with Crippen LogP contribution in [0.5, 0.6) is 0 Å². The van der Waals surface area contributed by atoms with E-state index in [0.29, 0.717) is 27.8 Å². The molecule has 7 heteroatoms. The van der Waals surface area contributed by atoms with Crippen molar-refractivity contribution in [2.24, 2.45) is 0 Å². The van der Waals surface area contributed by atoms with Crippen molar-refractivity contribution in [1.82, 2.24) is 20.2 Å². The number of benzene rings is 1. The molecule has 0 aliphatic rings. The van der Waals surface area contributed by atoms with Crippen LogP contribution < -0.4 is 5.73 Å². The van der Waals surface area contributed by atoms with E-state index >= 15 is 0 Å². The second kappa shape index (κ2) is 3.71. The number of nitrogens with zero attached hydrogens (tertiary/aromatic N) is 2. The van der Waals surface area contributed by atoms with Crippen molar-refractivity contribution in [3.8, 4) is 11.3 Å². The summed E-state index contributed by atoms with van der Waals surface area (Å²) in [4.78, 5) is 7.08. The number of anilines is 1. The highest BCUT2D eigenvalue weighted by molar-refractivity contribution is 6.32. The van der Waals surface area contributed by atoms with E-state index < -0.39 is 5.82 Å². The van der Waals surface area contributed by atoms with Gasteiger partial charge in [0.2, 0.25) is 0 Å². The maximum atomic E-state index is 13.9. The third kappa shape index (κ3) is 1.53. The predicted molar refractivity (Wildman–Crippen MR) is 67.8 cm³/mol. The largest absolute Gasteiger partial charge is 0.382 e. The van der Waals surface area contributed by atoms with Gasteiger partial charge in [-0.25, -0.2) is 9.37 Å². The summed E-state index contributed by atoms with van der Waals surface area (Å²) in [7, 11) is 0. The molecule has 1 aromatic carbocycles. The molecule has 0 bridgehead atoms. The lowest BCUT2D eigenvalue weighted by molar-refractivity contribution is 0.640. The smallest absolute Gasteiger partial charge is 0.156 e. The van der Waals surface area contributed by atoms with Gasteiger partial charge in [-0.15, -0.1) is 0 Å².